The molecule has 0 aliphatic carbocycles. The summed E-state index contributed by atoms with van der Waals surface area (Å²) in [6, 6.07) is 31.3. The summed E-state index contributed by atoms with van der Waals surface area (Å²) in [4.78, 5) is 14.6. The minimum Gasteiger partial charge on any atom is -0.356 e. The number of Topliss-reactive ketones (excluding diaryl/α,β-unsaturated/α-hetero) is 1. The second-order valence-corrected chi connectivity index (χ2v) is 9.50. The van der Waals surface area contributed by atoms with E-state index in [0.29, 0.717) is 12.3 Å². The molecule has 1 heterocycles. The highest BCUT2D eigenvalue weighted by Gasteiger charge is 2.11. The van der Waals surface area contributed by atoms with Crippen LogP contribution in [0.3, 0.4) is 0 Å². The number of rotatable bonds is 9. The van der Waals surface area contributed by atoms with E-state index in [4.69, 9.17) is 0 Å². The fourth-order valence-electron chi connectivity index (χ4n) is 3.76. The Morgan fingerprint density at radius 3 is 2.38 bits per heavy atom. The van der Waals surface area contributed by atoms with Crippen molar-refractivity contribution in [1.29, 1.82) is 0 Å². The van der Waals surface area contributed by atoms with Gasteiger partial charge in [0.05, 0.1) is 4.88 Å². The fourth-order valence-corrected chi connectivity index (χ4v) is 4.73. The fraction of sp³-hybridized carbons (Fsp3) is 0.207. The maximum atomic E-state index is 12.7. The van der Waals surface area contributed by atoms with Crippen molar-refractivity contribution in [3.63, 3.8) is 0 Å². The number of carbonyl (C=O) groups is 1. The van der Waals surface area contributed by atoms with Crippen molar-refractivity contribution < 1.29 is 4.79 Å². The van der Waals surface area contributed by atoms with Gasteiger partial charge in [0, 0.05) is 22.7 Å². The maximum absolute atomic E-state index is 12.7. The van der Waals surface area contributed by atoms with Crippen LogP contribution in [0.1, 0.15) is 53.4 Å². The average Bonchev–Trinajstić information content (AvgIpc) is 3.31. The van der Waals surface area contributed by atoms with E-state index in [1.54, 1.807) is 11.3 Å². The van der Waals surface area contributed by atoms with Gasteiger partial charge in [-0.3, -0.25) is 4.79 Å². The van der Waals surface area contributed by atoms with Crippen LogP contribution >= 0.6 is 11.3 Å². The molecule has 0 saturated carbocycles. The molecule has 0 saturated heterocycles. The van der Waals surface area contributed by atoms with Crippen molar-refractivity contribution >= 4 is 28.5 Å². The quantitative estimate of drug-likeness (QED) is 0.265. The highest BCUT2D eigenvalue weighted by Crippen LogP contribution is 2.32. The second-order valence-electron chi connectivity index (χ2n) is 8.41. The Labute approximate surface area is 195 Å². The minimum absolute atomic E-state index is 0.233. The van der Waals surface area contributed by atoms with Crippen LogP contribution < -0.4 is 5.32 Å². The van der Waals surface area contributed by atoms with Gasteiger partial charge >= 0.3 is 0 Å². The van der Waals surface area contributed by atoms with Gasteiger partial charge < -0.3 is 5.32 Å². The van der Waals surface area contributed by atoms with Gasteiger partial charge in [-0.2, -0.15) is 0 Å². The van der Waals surface area contributed by atoms with Gasteiger partial charge in [-0.05, 0) is 71.8 Å². The van der Waals surface area contributed by atoms with Crippen molar-refractivity contribution in [3.05, 3.63) is 107 Å². The Balaban J connectivity index is 1.40. The molecular formula is C29H29NOS. The molecule has 1 aromatic heterocycles. The van der Waals surface area contributed by atoms with Crippen molar-refractivity contribution in [2.45, 2.75) is 39.0 Å². The summed E-state index contributed by atoms with van der Waals surface area (Å²) >= 11 is 1.58. The van der Waals surface area contributed by atoms with Crippen LogP contribution in [0, 0.1) is 0 Å². The van der Waals surface area contributed by atoms with Crippen LogP contribution in [0.2, 0.25) is 0 Å². The zero-order valence-electron chi connectivity index (χ0n) is 18.7. The molecular weight excluding hydrogens is 410 g/mol. The van der Waals surface area contributed by atoms with E-state index in [9.17, 15) is 4.79 Å². The number of anilines is 2. The molecule has 0 amide bonds. The van der Waals surface area contributed by atoms with Gasteiger partial charge in [0.2, 0.25) is 0 Å². The molecule has 3 heteroatoms. The number of hydrogen-bond acceptors (Lipinski definition) is 3. The molecule has 0 atom stereocenters. The third kappa shape index (κ3) is 5.74. The molecule has 4 aromatic rings. The number of aryl methyl sites for hydroxylation is 1. The Hall–Kier alpha value is -3.17. The van der Waals surface area contributed by atoms with Gasteiger partial charge in [-0.25, -0.2) is 0 Å². The summed E-state index contributed by atoms with van der Waals surface area (Å²) in [6.45, 7) is 4.41. The SMILES string of the molecule is CC(C)c1cccc(Nc2cccc(-c3ccc(C(=O)CCCc4ccccc4)s3)c2)c1. The second kappa shape index (κ2) is 10.4. The van der Waals surface area contributed by atoms with E-state index in [0.717, 1.165) is 39.5 Å². The van der Waals surface area contributed by atoms with Crippen molar-refractivity contribution in [2.75, 3.05) is 5.32 Å². The smallest absolute Gasteiger partial charge is 0.172 e. The van der Waals surface area contributed by atoms with Crippen LogP contribution in [0.4, 0.5) is 11.4 Å². The predicted molar refractivity (Wildman–Crippen MR) is 137 cm³/mol. The Morgan fingerprint density at radius 2 is 1.59 bits per heavy atom. The summed E-state index contributed by atoms with van der Waals surface area (Å²) in [5.74, 6) is 0.731. The van der Waals surface area contributed by atoms with Gasteiger partial charge in [-0.15, -0.1) is 11.3 Å². The first-order chi connectivity index (χ1) is 15.6. The first-order valence-corrected chi connectivity index (χ1v) is 12.0. The average molecular weight is 440 g/mol. The van der Waals surface area contributed by atoms with Crippen LogP contribution in [0.25, 0.3) is 10.4 Å². The van der Waals surface area contributed by atoms with E-state index in [1.165, 1.54) is 11.1 Å². The van der Waals surface area contributed by atoms with Crippen molar-refractivity contribution in [1.82, 2.24) is 0 Å². The number of hydrogen-bond donors (Lipinski definition) is 1. The normalized spacial score (nSPS) is 11.0. The lowest BCUT2D eigenvalue weighted by Crippen LogP contribution is -1.97. The van der Waals surface area contributed by atoms with E-state index in [1.807, 2.05) is 24.3 Å². The van der Waals surface area contributed by atoms with E-state index in [2.05, 4.69) is 85.9 Å². The topological polar surface area (TPSA) is 29.1 Å². The zero-order valence-corrected chi connectivity index (χ0v) is 19.5. The molecule has 3 aromatic carbocycles. The predicted octanol–water partition coefficient (Wildman–Crippen LogP) is 8.49. The van der Waals surface area contributed by atoms with Gasteiger partial charge in [-0.1, -0.05) is 68.4 Å². The monoisotopic (exact) mass is 439 g/mol. The molecule has 1 N–H and O–H groups in total. The summed E-state index contributed by atoms with van der Waals surface area (Å²) in [7, 11) is 0. The number of benzene rings is 3. The molecule has 32 heavy (non-hydrogen) atoms. The van der Waals surface area contributed by atoms with Crippen molar-refractivity contribution in [3.8, 4) is 10.4 Å². The van der Waals surface area contributed by atoms with Crippen LogP contribution in [0.5, 0.6) is 0 Å². The van der Waals surface area contributed by atoms with Crippen LogP contribution in [-0.4, -0.2) is 5.78 Å². The standard InChI is InChI=1S/C29H29NOS/c1-21(2)23-12-7-14-25(19-23)30-26-15-8-13-24(20-26)28-17-18-29(32-28)27(31)16-6-11-22-9-4-3-5-10-22/h3-5,7-10,12-15,17-21,30H,6,11,16H2,1-2H3. The molecule has 0 radical (unpaired) electrons. The molecule has 2 nitrogen and oxygen atoms in total. The van der Waals surface area contributed by atoms with E-state index < -0.39 is 0 Å². The summed E-state index contributed by atoms with van der Waals surface area (Å²) in [6.07, 6.45) is 2.41. The Kier molecular flexibility index (Phi) is 7.18. The van der Waals surface area contributed by atoms with Crippen molar-refractivity contribution in [2.24, 2.45) is 0 Å². The third-order valence-corrected chi connectivity index (χ3v) is 6.76. The van der Waals surface area contributed by atoms with Gasteiger partial charge in [0.25, 0.3) is 0 Å². The van der Waals surface area contributed by atoms with E-state index >= 15 is 0 Å². The molecule has 0 unspecified atom stereocenters. The lowest BCUT2D eigenvalue weighted by atomic mass is 10.0. The first-order valence-electron chi connectivity index (χ1n) is 11.2. The number of ketones is 1. The summed E-state index contributed by atoms with van der Waals surface area (Å²) in [5, 5.41) is 3.52. The molecule has 0 spiro atoms. The number of nitrogens with one attached hydrogen (secondary N) is 1. The molecule has 0 fully saturated rings. The van der Waals surface area contributed by atoms with Crippen LogP contribution in [-0.2, 0) is 6.42 Å². The lowest BCUT2D eigenvalue weighted by molar-refractivity contribution is 0.0984. The molecule has 0 aliphatic heterocycles. The first kappa shape index (κ1) is 22.0. The molecule has 4 rings (SSSR count). The summed E-state index contributed by atoms with van der Waals surface area (Å²) < 4.78 is 0. The number of carbonyl (C=O) groups excluding carboxylic acids is 1. The Bertz CT molecular complexity index is 1180. The van der Waals surface area contributed by atoms with Gasteiger partial charge in [0.1, 0.15) is 0 Å². The van der Waals surface area contributed by atoms with Crippen LogP contribution in [0.15, 0.2) is 91.0 Å². The zero-order chi connectivity index (χ0) is 22.3. The number of thiophene rings is 1. The third-order valence-electron chi connectivity index (χ3n) is 5.58. The van der Waals surface area contributed by atoms with E-state index in [-0.39, 0.29) is 5.78 Å². The summed E-state index contributed by atoms with van der Waals surface area (Å²) in [5.41, 5.74) is 5.87. The maximum Gasteiger partial charge on any atom is 0.172 e. The molecule has 0 aliphatic rings. The largest absolute Gasteiger partial charge is 0.356 e. The lowest BCUT2D eigenvalue weighted by Gasteiger charge is -2.11. The Morgan fingerprint density at radius 1 is 0.844 bits per heavy atom. The molecule has 162 valence electrons. The highest BCUT2D eigenvalue weighted by atomic mass is 32.1. The minimum atomic E-state index is 0.233. The van der Waals surface area contributed by atoms with Gasteiger partial charge in [0.15, 0.2) is 5.78 Å². The highest BCUT2D eigenvalue weighted by molar-refractivity contribution is 7.17. The molecule has 0 bridgehead atoms.